The molecule has 0 spiro atoms. The van der Waals surface area contributed by atoms with Crippen LogP contribution in [0.25, 0.3) is 11.3 Å². The van der Waals surface area contributed by atoms with E-state index in [1.807, 2.05) is 37.4 Å². The number of hydrogen-bond acceptors (Lipinski definition) is 6. The van der Waals surface area contributed by atoms with Gasteiger partial charge in [-0.15, -0.1) is 36.2 Å². The van der Waals surface area contributed by atoms with Crippen molar-refractivity contribution in [2.75, 3.05) is 5.32 Å². The second-order valence-electron chi connectivity index (χ2n) is 7.65. The van der Waals surface area contributed by atoms with Crippen molar-refractivity contribution in [3.8, 4) is 11.3 Å². The number of aryl methyl sites for hydroxylation is 2. The van der Waals surface area contributed by atoms with Gasteiger partial charge >= 0.3 is 0 Å². The van der Waals surface area contributed by atoms with Gasteiger partial charge in [0.1, 0.15) is 11.6 Å². The van der Waals surface area contributed by atoms with E-state index in [2.05, 4.69) is 25.7 Å². The van der Waals surface area contributed by atoms with Gasteiger partial charge in [-0.05, 0) is 50.1 Å². The van der Waals surface area contributed by atoms with Crippen LogP contribution in [-0.4, -0.2) is 31.7 Å². The molecule has 0 saturated heterocycles. The Morgan fingerprint density at radius 3 is 2.57 bits per heavy atom. The van der Waals surface area contributed by atoms with Crippen LogP contribution in [0, 0.1) is 12.7 Å². The van der Waals surface area contributed by atoms with E-state index in [0.29, 0.717) is 25.3 Å². The first-order valence-electron chi connectivity index (χ1n) is 10.7. The number of carbonyl (C=O) groups is 1. The van der Waals surface area contributed by atoms with Gasteiger partial charge in [0.25, 0.3) is 0 Å². The molecule has 0 fully saturated rings. The number of nitrogens with zero attached hydrogens (tertiary/aromatic N) is 4. The van der Waals surface area contributed by atoms with Crippen LogP contribution < -0.4 is 10.6 Å². The first-order chi connectivity index (χ1) is 16.0. The third-order valence-corrected chi connectivity index (χ3v) is 5.84. The number of amides is 1. The van der Waals surface area contributed by atoms with E-state index >= 15 is 0 Å². The Balaban J connectivity index is 0.00000216. The molecular weight excluding hydrogens is 510 g/mol. The molecule has 2 N–H and O–H groups in total. The molecule has 4 aromatic rings. The van der Waals surface area contributed by atoms with E-state index in [0.717, 1.165) is 28.2 Å². The van der Waals surface area contributed by atoms with Crippen molar-refractivity contribution in [2.45, 2.75) is 39.4 Å². The van der Waals surface area contributed by atoms with Crippen molar-refractivity contribution in [1.82, 2.24) is 25.1 Å². The second kappa shape index (κ2) is 13.3. The van der Waals surface area contributed by atoms with Crippen LogP contribution in [0.4, 0.5) is 10.2 Å². The number of carbonyl (C=O) groups excluding carboxylic acids is 1. The number of rotatable bonds is 9. The number of aromatic nitrogens is 4. The highest BCUT2D eigenvalue weighted by Crippen LogP contribution is 2.22. The lowest BCUT2D eigenvalue weighted by Gasteiger charge is -2.18. The number of thiazole rings is 1. The van der Waals surface area contributed by atoms with E-state index in [1.165, 1.54) is 23.5 Å². The Labute approximate surface area is 220 Å². The highest BCUT2D eigenvalue weighted by Gasteiger charge is 2.21. The highest BCUT2D eigenvalue weighted by atomic mass is 35.5. The smallest absolute Gasteiger partial charge is 0.243 e. The lowest BCUT2D eigenvalue weighted by molar-refractivity contribution is -0.118. The van der Waals surface area contributed by atoms with Gasteiger partial charge in [0.2, 0.25) is 5.91 Å². The van der Waals surface area contributed by atoms with Gasteiger partial charge in [0.15, 0.2) is 0 Å². The van der Waals surface area contributed by atoms with Gasteiger partial charge in [-0.3, -0.25) is 15.1 Å². The van der Waals surface area contributed by atoms with E-state index in [9.17, 15) is 9.18 Å². The van der Waals surface area contributed by atoms with Gasteiger partial charge in [-0.25, -0.2) is 14.1 Å². The molecule has 1 atom stereocenters. The minimum absolute atomic E-state index is 0. The van der Waals surface area contributed by atoms with Gasteiger partial charge in [-0.2, -0.15) is 5.10 Å². The molecule has 1 aromatic carbocycles. The monoisotopic (exact) mass is 536 g/mol. The van der Waals surface area contributed by atoms with Crippen LogP contribution in [0.3, 0.4) is 0 Å². The Hall–Kier alpha value is -2.85. The minimum atomic E-state index is -0.538. The van der Waals surface area contributed by atoms with Crippen molar-refractivity contribution in [2.24, 2.45) is 0 Å². The summed E-state index contributed by atoms with van der Waals surface area (Å²) >= 11 is 1.51. The summed E-state index contributed by atoms with van der Waals surface area (Å²) < 4.78 is 15.1. The molecule has 7 nitrogen and oxygen atoms in total. The first-order valence-corrected chi connectivity index (χ1v) is 11.6. The fraction of sp³-hybridized carbons (Fsp3) is 0.250. The average molecular weight is 537 g/mol. The maximum Gasteiger partial charge on any atom is 0.243 e. The summed E-state index contributed by atoms with van der Waals surface area (Å²) in [5, 5.41) is 12.9. The molecule has 1 amide bonds. The minimum Gasteiger partial charge on any atom is -0.310 e. The summed E-state index contributed by atoms with van der Waals surface area (Å²) in [5.41, 5.74) is 6.09. The molecule has 0 aliphatic heterocycles. The number of nitrogens with one attached hydrogen (secondary N) is 2. The van der Waals surface area contributed by atoms with Crippen LogP contribution in [0.2, 0.25) is 0 Å². The molecule has 0 bridgehead atoms. The zero-order valence-electron chi connectivity index (χ0n) is 19.3. The van der Waals surface area contributed by atoms with Crippen molar-refractivity contribution in [3.63, 3.8) is 0 Å². The maximum atomic E-state index is 13.3. The summed E-state index contributed by atoms with van der Waals surface area (Å²) in [5.74, 6) is 0.119. The predicted octanol–water partition coefficient (Wildman–Crippen LogP) is 5.05. The van der Waals surface area contributed by atoms with Crippen LogP contribution in [0.1, 0.15) is 23.9 Å². The maximum absolute atomic E-state index is 13.3. The molecular formula is C24H27Cl2FN6OS. The summed E-state index contributed by atoms with van der Waals surface area (Å²) in [6, 6.07) is 11.4. The Kier molecular flexibility index (Phi) is 10.8. The predicted molar refractivity (Wildman–Crippen MR) is 142 cm³/mol. The number of benzene rings is 1. The van der Waals surface area contributed by atoms with Gasteiger partial charge in [0.05, 0.1) is 22.9 Å². The zero-order valence-corrected chi connectivity index (χ0v) is 21.7. The molecule has 0 aliphatic rings. The molecule has 3 heterocycles. The van der Waals surface area contributed by atoms with Crippen molar-refractivity contribution in [1.29, 1.82) is 0 Å². The van der Waals surface area contributed by atoms with Gasteiger partial charge < -0.3 is 5.32 Å². The molecule has 186 valence electrons. The molecule has 0 saturated carbocycles. The highest BCUT2D eigenvalue weighted by molar-refractivity contribution is 7.07. The Morgan fingerprint density at radius 1 is 1.14 bits per heavy atom. The number of anilines is 1. The van der Waals surface area contributed by atoms with Crippen LogP contribution in [-0.2, 0) is 24.3 Å². The lowest BCUT2D eigenvalue weighted by Crippen LogP contribution is -2.42. The number of hydrogen-bond donors (Lipinski definition) is 2. The standard InChI is InChI=1S/C24H25FN6OS.2ClH/c1-3-31-23(12-21(30-31)18-8-9-26-16(2)10-18)29-24(32)22(27-13-20-14-33-15-28-20)11-17-4-6-19(25)7-5-17;;/h4-10,12,14-15,22,27H,3,11,13H2,1-2H3,(H,29,32);2*1H/t22-;;/m0../s1. The van der Waals surface area contributed by atoms with E-state index < -0.39 is 6.04 Å². The fourth-order valence-electron chi connectivity index (χ4n) is 3.48. The summed E-state index contributed by atoms with van der Waals surface area (Å²) in [6.45, 7) is 4.96. The number of pyridine rings is 1. The lowest BCUT2D eigenvalue weighted by atomic mass is 10.0. The Bertz CT molecular complexity index is 1220. The van der Waals surface area contributed by atoms with E-state index in [1.54, 1.807) is 28.5 Å². The second-order valence-corrected chi connectivity index (χ2v) is 8.37. The van der Waals surface area contributed by atoms with Crippen LogP contribution in [0.15, 0.2) is 59.6 Å². The molecule has 0 unspecified atom stereocenters. The number of halogens is 3. The van der Waals surface area contributed by atoms with E-state index in [4.69, 9.17) is 0 Å². The van der Waals surface area contributed by atoms with E-state index in [-0.39, 0.29) is 36.5 Å². The zero-order chi connectivity index (χ0) is 23.2. The van der Waals surface area contributed by atoms with Crippen LogP contribution >= 0.6 is 36.2 Å². The topological polar surface area (TPSA) is 84.7 Å². The van der Waals surface area contributed by atoms with Crippen molar-refractivity contribution < 1.29 is 9.18 Å². The molecule has 11 heteroatoms. The molecule has 35 heavy (non-hydrogen) atoms. The Morgan fingerprint density at radius 2 is 1.91 bits per heavy atom. The summed E-state index contributed by atoms with van der Waals surface area (Å²) in [4.78, 5) is 21.8. The van der Waals surface area contributed by atoms with Crippen molar-refractivity contribution >= 4 is 47.9 Å². The first kappa shape index (κ1) is 28.4. The normalized spacial score (nSPS) is 11.3. The SMILES string of the molecule is CCn1nc(-c2ccnc(C)c2)cc1NC(=O)[C@H](Cc1ccc(F)cc1)NCc1cscn1.Cl.Cl. The molecule has 0 aliphatic carbocycles. The van der Waals surface area contributed by atoms with Crippen LogP contribution in [0.5, 0.6) is 0 Å². The largest absolute Gasteiger partial charge is 0.310 e. The third kappa shape index (κ3) is 7.57. The fourth-order valence-corrected chi connectivity index (χ4v) is 4.04. The van der Waals surface area contributed by atoms with Crippen molar-refractivity contribution in [3.05, 3.63) is 82.3 Å². The van der Waals surface area contributed by atoms with Gasteiger partial charge in [-0.1, -0.05) is 12.1 Å². The molecule has 4 rings (SSSR count). The quantitative estimate of drug-likeness (QED) is 0.312. The molecule has 0 radical (unpaired) electrons. The summed E-state index contributed by atoms with van der Waals surface area (Å²) in [7, 11) is 0. The summed E-state index contributed by atoms with van der Waals surface area (Å²) in [6.07, 6.45) is 2.15. The average Bonchev–Trinajstić information content (AvgIpc) is 3.47. The molecule has 3 aromatic heterocycles. The third-order valence-electron chi connectivity index (χ3n) is 5.21. The van der Waals surface area contributed by atoms with Gasteiger partial charge in [0, 0.05) is 42.0 Å².